The minimum Gasteiger partial charge on any atom is -0.394 e. The van der Waals surface area contributed by atoms with E-state index in [9.17, 15) is 19.1 Å². The van der Waals surface area contributed by atoms with Gasteiger partial charge in [-0.05, 0) is 60.2 Å². The van der Waals surface area contributed by atoms with Gasteiger partial charge in [0, 0.05) is 10.1 Å². The number of carbonyl (C=O) groups excluding carboxylic acids is 2. The monoisotopic (exact) mass is 492 g/mol. The molecule has 2 aromatic rings. The Balaban J connectivity index is 2.39. The van der Waals surface area contributed by atoms with Crippen LogP contribution in [0.3, 0.4) is 0 Å². The van der Waals surface area contributed by atoms with E-state index in [1.165, 1.54) is 13.0 Å². The normalized spacial score (nSPS) is 11.9. The number of aliphatic hydroxyl groups is 2. The van der Waals surface area contributed by atoms with Gasteiger partial charge in [0.05, 0.1) is 28.8 Å². The fourth-order valence-corrected chi connectivity index (χ4v) is 3.85. The van der Waals surface area contributed by atoms with Crippen LogP contribution in [0.2, 0.25) is 0 Å². The minimum absolute atomic E-state index is 0.142. The number of hydrogen-bond donors (Lipinski definition) is 4. The number of benzene rings is 1. The SMILES string of the molecule is CC(=O)c1sc(Nc2ccc(I)cc2F)c(C(=O)NC[C@@H](O)CO)c1C. The second-order valence-electron chi connectivity index (χ2n) is 5.61. The standard InChI is InChI=1S/C17H18FIN2O4S/c1-8-14(16(25)20-6-11(24)7-22)17(26-15(8)9(2)23)21-13-4-3-10(19)5-12(13)18/h3-5,11,21-22,24H,6-7H2,1-2H3,(H,20,25)/t11-/m1/s1. The molecule has 0 unspecified atom stereocenters. The van der Waals surface area contributed by atoms with E-state index in [2.05, 4.69) is 10.6 Å². The quantitative estimate of drug-likeness (QED) is 0.352. The molecule has 1 aromatic carbocycles. The van der Waals surface area contributed by atoms with Gasteiger partial charge in [0.2, 0.25) is 0 Å². The summed E-state index contributed by atoms with van der Waals surface area (Å²) in [6.07, 6.45) is -1.09. The number of carbonyl (C=O) groups is 2. The first kappa shape index (κ1) is 20.7. The van der Waals surface area contributed by atoms with Crippen LogP contribution < -0.4 is 10.6 Å². The van der Waals surface area contributed by atoms with Crippen LogP contribution in [0.15, 0.2) is 18.2 Å². The van der Waals surface area contributed by atoms with Crippen LogP contribution in [-0.2, 0) is 0 Å². The number of ketones is 1. The molecular formula is C17H18FIN2O4S. The van der Waals surface area contributed by atoms with Crippen molar-refractivity contribution in [1.29, 1.82) is 0 Å². The molecular weight excluding hydrogens is 474 g/mol. The smallest absolute Gasteiger partial charge is 0.254 e. The van der Waals surface area contributed by atoms with Crippen LogP contribution in [0.1, 0.15) is 32.5 Å². The third-order valence-corrected chi connectivity index (χ3v) is 5.56. The maximum absolute atomic E-state index is 14.1. The summed E-state index contributed by atoms with van der Waals surface area (Å²) >= 11 is 3.06. The second-order valence-corrected chi connectivity index (χ2v) is 7.88. The molecule has 1 atom stereocenters. The van der Waals surface area contributed by atoms with Crippen LogP contribution in [-0.4, -0.2) is 41.2 Å². The number of hydrogen-bond acceptors (Lipinski definition) is 6. The maximum Gasteiger partial charge on any atom is 0.254 e. The highest BCUT2D eigenvalue weighted by Crippen LogP contribution is 2.36. The van der Waals surface area contributed by atoms with E-state index in [4.69, 9.17) is 5.11 Å². The molecule has 2 rings (SSSR count). The predicted molar refractivity (Wildman–Crippen MR) is 107 cm³/mol. The fourth-order valence-electron chi connectivity index (χ4n) is 2.29. The molecule has 1 heterocycles. The Morgan fingerprint density at radius 3 is 2.65 bits per heavy atom. The van der Waals surface area contributed by atoms with Gasteiger partial charge in [0.1, 0.15) is 10.8 Å². The zero-order valence-electron chi connectivity index (χ0n) is 14.1. The molecule has 0 saturated carbocycles. The summed E-state index contributed by atoms with van der Waals surface area (Å²) in [7, 11) is 0. The van der Waals surface area contributed by atoms with Crippen molar-refractivity contribution in [2.24, 2.45) is 0 Å². The Morgan fingerprint density at radius 2 is 2.08 bits per heavy atom. The highest BCUT2D eigenvalue weighted by atomic mass is 127. The van der Waals surface area contributed by atoms with Crippen molar-refractivity contribution in [1.82, 2.24) is 5.32 Å². The first-order valence-corrected chi connectivity index (χ1v) is 9.57. The fraction of sp³-hybridized carbons (Fsp3) is 0.294. The van der Waals surface area contributed by atoms with Crippen molar-refractivity contribution in [3.05, 3.63) is 43.6 Å². The van der Waals surface area contributed by atoms with E-state index < -0.39 is 24.4 Å². The van der Waals surface area contributed by atoms with Crippen LogP contribution in [0, 0.1) is 16.3 Å². The van der Waals surface area contributed by atoms with Gasteiger partial charge >= 0.3 is 0 Å². The number of nitrogens with one attached hydrogen (secondary N) is 2. The average Bonchev–Trinajstić information content (AvgIpc) is 2.91. The Bertz CT molecular complexity index is 840. The molecule has 1 aromatic heterocycles. The van der Waals surface area contributed by atoms with Gasteiger partial charge < -0.3 is 20.8 Å². The Hall–Kier alpha value is -1.56. The molecule has 0 aliphatic rings. The molecule has 9 heteroatoms. The molecule has 26 heavy (non-hydrogen) atoms. The summed E-state index contributed by atoms with van der Waals surface area (Å²) < 4.78 is 14.9. The van der Waals surface area contributed by atoms with Crippen LogP contribution in [0.4, 0.5) is 15.1 Å². The zero-order valence-corrected chi connectivity index (χ0v) is 17.1. The molecule has 0 spiro atoms. The highest BCUT2D eigenvalue weighted by Gasteiger charge is 2.24. The lowest BCUT2D eigenvalue weighted by atomic mass is 10.1. The topological polar surface area (TPSA) is 98.7 Å². The third-order valence-electron chi connectivity index (χ3n) is 3.58. The molecule has 0 saturated heterocycles. The van der Waals surface area contributed by atoms with Crippen LogP contribution in [0.25, 0.3) is 0 Å². The van der Waals surface area contributed by atoms with Crippen LogP contribution in [0.5, 0.6) is 0 Å². The number of amides is 1. The van der Waals surface area contributed by atoms with Gasteiger partial charge in [-0.3, -0.25) is 9.59 Å². The highest BCUT2D eigenvalue weighted by molar-refractivity contribution is 14.1. The van der Waals surface area contributed by atoms with Crippen molar-refractivity contribution in [3.8, 4) is 0 Å². The molecule has 1 amide bonds. The molecule has 140 valence electrons. The van der Waals surface area contributed by atoms with E-state index >= 15 is 0 Å². The number of rotatable bonds is 7. The Labute approximate surface area is 167 Å². The van der Waals surface area contributed by atoms with Gasteiger partial charge in [-0.2, -0.15) is 0 Å². The largest absolute Gasteiger partial charge is 0.394 e. The first-order valence-electron chi connectivity index (χ1n) is 7.68. The number of anilines is 2. The number of thiophene rings is 1. The second kappa shape index (κ2) is 8.89. The summed E-state index contributed by atoms with van der Waals surface area (Å²) in [4.78, 5) is 24.8. The molecule has 4 N–H and O–H groups in total. The van der Waals surface area contributed by atoms with E-state index in [0.717, 1.165) is 14.9 Å². The lowest BCUT2D eigenvalue weighted by Crippen LogP contribution is -2.34. The van der Waals surface area contributed by atoms with Gasteiger partial charge in [-0.1, -0.05) is 0 Å². The molecule has 0 fully saturated rings. The molecule has 0 bridgehead atoms. The number of halogens is 2. The summed E-state index contributed by atoms with van der Waals surface area (Å²) in [6, 6.07) is 4.62. The van der Waals surface area contributed by atoms with E-state index in [0.29, 0.717) is 15.4 Å². The summed E-state index contributed by atoms with van der Waals surface area (Å²) in [5.74, 6) is -1.20. The van der Waals surface area contributed by atoms with Crippen molar-refractivity contribution in [3.63, 3.8) is 0 Å². The third kappa shape index (κ3) is 4.78. The van der Waals surface area contributed by atoms with Crippen molar-refractivity contribution in [2.75, 3.05) is 18.5 Å². The molecule has 0 aliphatic carbocycles. The van der Waals surface area contributed by atoms with E-state index in [1.807, 2.05) is 22.6 Å². The van der Waals surface area contributed by atoms with E-state index in [-0.39, 0.29) is 23.6 Å². The molecule has 0 aliphatic heterocycles. The maximum atomic E-state index is 14.1. The Kier molecular flexibility index (Phi) is 7.09. The predicted octanol–water partition coefficient (Wildman–Crippen LogP) is 2.83. The summed E-state index contributed by atoms with van der Waals surface area (Å²) in [6.45, 7) is 2.41. The summed E-state index contributed by atoms with van der Waals surface area (Å²) in [5, 5.41) is 24.0. The van der Waals surface area contributed by atoms with Crippen molar-refractivity contribution >= 4 is 56.3 Å². The lowest BCUT2D eigenvalue weighted by Gasteiger charge is -2.12. The average molecular weight is 492 g/mol. The first-order chi connectivity index (χ1) is 12.2. The van der Waals surface area contributed by atoms with Gasteiger partial charge in [-0.15, -0.1) is 11.3 Å². The lowest BCUT2D eigenvalue weighted by molar-refractivity contribution is 0.0802. The summed E-state index contributed by atoms with van der Waals surface area (Å²) in [5.41, 5.74) is 0.876. The van der Waals surface area contributed by atoms with Crippen molar-refractivity contribution in [2.45, 2.75) is 20.0 Å². The number of Topliss-reactive ketones (excluding diaryl/α,β-unsaturated/α-hetero) is 1. The van der Waals surface area contributed by atoms with Crippen molar-refractivity contribution < 1.29 is 24.2 Å². The van der Waals surface area contributed by atoms with E-state index in [1.54, 1.807) is 19.1 Å². The van der Waals surface area contributed by atoms with Gasteiger partial charge in [0.15, 0.2) is 5.78 Å². The van der Waals surface area contributed by atoms with Crippen LogP contribution >= 0.6 is 33.9 Å². The zero-order chi connectivity index (χ0) is 19.4. The number of aliphatic hydroxyl groups excluding tert-OH is 2. The van der Waals surface area contributed by atoms with Gasteiger partial charge in [-0.25, -0.2) is 4.39 Å². The Morgan fingerprint density at radius 1 is 1.38 bits per heavy atom. The molecule has 6 nitrogen and oxygen atoms in total. The van der Waals surface area contributed by atoms with Gasteiger partial charge in [0.25, 0.3) is 5.91 Å². The minimum atomic E-state index is -1.09. The molecule has 0 radical (unpaired) electrons.